The quantitative estimate of drug-likeness (QED) is 0.634. The fourth-order valence-electron chi connectivity index (χ4n) is 2.26. The Morgan fingerprint density at radius 2 is 2.20 bits per heavy atom. The molecule has 2 rings (SSSR count). The van der Waals surface area contributed by atoms with Crippen molar-refractivity contribution in [2.24, 2.45) is 5.73 Å². The van der Waals surface area contributed by atoms with Crippen molar-refractivity contribution in [3.8, 4) is 11.8 Å². The second-order valence-electron chi connectivity index (χ2n) is 4.83. The smallest absolute Gasteiger partial charge is 0.261 e. The first-order chi connectivity index (χ1) is 9.79. The average molecular weight is 291 g/mol. The molecule has 1 aliphatic rings. The molecule has 0 unspecified atom stereocenters. The summed E-state index contributed by atoms with van der Waals surface area (Å²) in [5.41, 5.74) is 5.32. The number of carbonyl (C=O) groups is 1. The van der Waals surface area contributed by atoms with Gasteiger partial charge in [-0.3, -0.25) is 4.79 Å². The number of hydrogen-bond acceptors (Lipinski definition) is 4. The third-order valence-electron chi connectivity index (χ3n) is 3.28. The highest BCUT2D eigenvalue weighted by molar-refractivity contribution is 7.14. The van der Waals surface area contributed by atoms with Gasteiger partial charge < -0.3 is 16.0 Å². The highest BCUT2D eigenvalue weighted by atomic mass is 32.1. The van der Waals surface area contributed by atoms with Gasteiger partial charge in [-0.2, -0.15) is 0 Å². The zero-order valence-electron chi connectivity index (χ0n) is 11.7. The van der Waals surface area contributed by atoms with E-state index in [1.807, 2.05) is 12.1 Å². The molecule has 5 heteroatoms. The summed E-state index contributed by atoms with van der Waals surface area (Å²) in [5.74, 6) is 5.73. The van der Waals surface area contributed by atoms with E-state index >= 15 is 0 Å². The zero-order chi connectivity index (χ0) is 14.2. The Bertz CT molecular complexity index is 495. The van der Waals surface area contributed by atoms with Gasteiger partial charge in [0.15, 0.2) is 0 Å². The SMILES string of the molecule is NCC#Cc1ccc(C(=O)NCCCN2CCCC2)s1. The number of amides is 1. The summed E-state index contributed by atoms with van der Waals surface area (Å²) in [6.45, 7) is 4.58. The first kappa shape index (κ1) is 15.0. The molecule has 0 atom stereocenters. The minimum Gasteiger partial charge on any atom is -0.351 e. The van der Waals surface area contributed by atoms with E-state index in [0.29, 0.717) is 11.4 Å². The molecular formula is C15H21N3OS. The highest BCUT2D eigenvalue weighted by Gasteiger charge is 2.11. The van der Waals surface area contributed by atoms with E-state index in [2.05, 4.69) is 22.1 Å². The van der Waals surface area contributed by atoms with Crippen LogP contribution in [0.4, 0.5) is 0 Å². The van der Waals surface area contributed by atoms with Crippen LogP contribution < -0.4 is 11.1 Å². The monoisotopic (exact) mass is 291 g/mol. The highest BCUT2D eigenvalue weighted by Crippen LogP contribution is 2.15. The van der Waals surface area contributed by atoms with Crippen molar-refractivity contribution in [3.05, 3.63) is 21.9 Å². The average Bonchev–Trinajstić information content (AvgIpc) is 3.12. The molecule has 1 amide bonds. The lowest BCUT2D eigenvalue weighted by Crippen LogP contribution is -2.28. The van der Waals surface area contributed by atoms with Gasteiger partial charge in [-0.1, -0.05) is 11.8 Å². The number of hydrogen-bond donors (Lipinski definition) is 2. The number of nitrogens with one attached hydrogen (secondary N) is 1. The van der Waals surface area contributed by atoms with Crippen molar-refractivity contribution in [2.75, 3.05) is 32.7 Å². The molecule has 108 valence electrons. The maximum Gasteiger partial charge on any atom is 0.261 e. The van der Waals surface area contributed by atoms with Gasteiger partial charge >= 0.3 is 0 Å². The summed E-state index contributed by atoms with van der Waals surface area (Å²) in [6, 6.07) is 3.69. The van der Waals surface area contributed by atoms with Crippen LogP contribution in [-0.4, -0.2) is 43.5 Å². The van der Waals surface area contributed by atoms with Gasteiger partial charge in [-0.25, -0.2) is 0 Å². The molecule has 0 radical (unpaired) electrons. The van der Waals surface area contributed by atoms with Gasteiger partial charge in [0, 0.05) is 6.54 Å². The molecule has 20 heavy (non-hydrogen) atoms. The van der Waals surface area contributed by atoms with Crippen molar-refractivity contribution >= 4 is 17.2 Å². The fourth-order valence-corrected chi connectivity index (χ4v) is 3.06. The van der Waals surface area contributed by atoms with Crippen LogP contribution >= 0.6 is 11.3 Å². The minimum atomic E-state index is -0.00257. The van der Waals surface area contributed by atoms with E-state index < -0.39 is 0 Å². The van der Waals surface area contributed by atoms with Crippen molar-refractivity contribution in [1.82, 2.24) is 10.2 Å². The lowest BCUT2D eigenvalue weighted by atomic mass is 10.3. The van der Waals surface area contributed by atoms with Gasteiger partial charge in [-0.15, -0.1) is 11.3 Å². The molecule has 1 aromatic heterocycles. The molecule has 3 N–H and O–H groups in total. The minimum absolute atomic E-state index is 0.00257. The van der Waals surface area contributed by atoms with E-state index in [9.17, 15) is 4.79 Å². The maximum absolute atomic E-state index is 11.9. The van der Waals surface area contributed by atoms with Crippen LogP contribution in [0.2, 0.25) is 0 Å². The third-order valence-corrected chi connectivity index (χ3v) is 4.28. The molecule has 2 heterocycles. The Hall–Kier alpha value is -1.35. The van der Waals surface area contributed by atoms with Crippen LogP contribution in [0, 0.1) is 11.8 Å². The predicted molar refractivity (Wildman–Crippen MR) is 82.9 cm³/mol. The molecule has 1 fully saturated rings. The lowest BCUT2D eigenvalue weighted by molar-refractivity contribution is 0.0956. The van der Waals surface area contributed by atoms with Crippen molar-refractivity contribution in [3.63, 3.8) is 0 Å². The fraction of sp³-hybridized carbons (Fsp3) is 0.533. The molecule has 0 aliphatic carbocycles. The number of thiophene rings is 1. The molecule has 0 saturated carbocycles. The number of nitrogens with two attached hydrogens (primary N) is 1. The van der Waals surface area contributed by atoms with Crippen LogP contribution in [-0.2, 0) is 0 Å². The second-order valence-corrected chi connectivity index (χ2v) is 5.91. The number of rotatable bonds is 5. The van der Waals surface area contributed by atoms with Gasteiger partial charge in [0.2, 0.25) is 0 Å². The first-order valence-corrected chi connectivity index (χ1v) is 7.90. The summed E-state index contributed by atoms with van der Waals surface area (Å²) >= 11 is 1.41. The van der Waals surface area contributed by atoms with Gasteiger partial charge in [-0.05, 0) is 51.0 Å². The summed E-state index contributed by atoms with van der Waals surface area (Å²) in [7, 11) is 0. The van der Waals surface area contributed by atoms with Gasteiger partial charge in [0.1, 0.15) is 0 Å². The van der Waals surface area contributed by atoms with Crippen LogP contribution in [0.3, 0.4) is 0 Å². The molecule has 1 aromatic rings. The van der Waals surface area contributed by atoms with Gasteiger partial charge in [0.25, 0.3) is 5.91 Å². The largest absolute Gasteiger partial charge is 0.351 e. The summed E-state index contributed by atoms with van der Waals surface area (Å²) in [4.78, 5) is 16.0. The van der Waals surface area contributed by atoms with Crippen LogP contribution in [0.5, 0.6) is 0 Å². The topological polar surface area (TPSA) is 58.4 Å². The second kappa shape index (κ2) is 8.05. The standard InChI is InChI=1S/C15H21N3OS/c16-8-3-5-13-6-7-14(20-13)15(19)17-9-4-12-18-10-1-2-11-18/h6-7H,1-2,4,8-12,16H2,(H,17,19). The van der Waals surface area contributed by atoms with Crippen LogP contribution in [0.25, 0.3) is 0 Å². The molecule has 1 aliphatic heterocycles. The number of nitrogens with zero attached hydrogens (tertiary/aromatic N) is 1. The van der Waals surface area contributed by atoms with E-state index in [-0.39, 0.29) is 5.91 Å². The Morgan fingerprint density at radius 1 is 1.40 bits per heavy atom. The Morgan fingerprint density at radius 3 is 2.95 bits per heavy atom. The number of carbonyl (C=O) groups excluding carboxylic acids is 1. The van der Waals surface area contributed by atoms with Crippen LogP contribution in [0.15, 0.2) is 12.1 Å². The van der Waals surface area contributed by atoms with Crippen molar-refractivity contribution in [2.45, 2.75) is 19.3 Å². The molecule has 0 spiro atoms. The first-order valence-electron chi connectivity index (χ1n) is 7.09. The number of likely N-dealkylation sites (tertiary alicyclic amines) is 1. The van der Waals surface area contributed by atoms with E-state index in [1.165, 1.54) is 37.3 Å². The molecule has 4 nitrogen and oxygen atoms in total. The van der Waals surface area contributed by atoms with Crippen molar-refractivity contribution in [1.29, 1.82) is 0 Å². The van der Waals surface area contributed by atoms with E-state index in [4.69, 9.17) is 5.73 Å². The maximum atomic E-state index is 11.9. The van der Waals surface area contributed by atoms with Crippen LogP contribution in [0.1, 0.15) is 33.8 Å². The van der Waals surface area contributed by atoms with E-state index in [0.717, 1.165) is 24.4 Å². The van der Waals surface area contributed by atoms with E-state index in [1.54, 1.807) is 0 Å². The molecule has 0 aromatic carbocycles. The summed E-state index contributed by atoms with van der Waals surface area (Å²) < 4.78 is 0. The molecule has 0 bridgehead atoms. The molecular weight excluding hydrogens is 270 g/mol. The van der Waals surface area contributed by atoms with Gasteiger partial charge in [0.05, 0.1) is 16.3 Å². The molecule has 1 saturated heterocycles. The lowest BCUT2D eigenvalue weighted by Gasteiger charge is -2.14. The summed E-state index contributed by atoms with van der Waals surface area (Å²) in [5, 5.41) is 2.96. The Balaban J connectivity index is 1.69. The predicted octanol–water partition coefficient (Wildman–Crippen LogP) is 1.27. The third kappa shape index (κ3) is 4.64. The van der Waals surface area contributed by atoms with Crippen molar-refractivity contribution < 1.29 is 4.79 Å². The Labute approximate surface area is 124 Å². The normalized spacial score (nSPS) is 14.8. The Kier molecular flexibility index (Phi) is 6.06. The summed E-state index contributed by atoms with van der Waals surface area (Å²) in [6.07, 6.45) is 3.64. The zero-order valence-corrected chi connectivity index (χ0v) is 12.5.